The van der Waals surface area contributed by atoms with Crippen LogP contribution in [-0.2, 0) is 0 Å². The number of aryl methyl sites for hydroxylation is 2. The fraction of sp³-hybridized carbons (Fsp3) is 0.115. The van der Waals surface area contributed by atoms with Crippen LogP contribution >= 0.6 is 0 Å². The molecule has 160 valence electrons. The van der Waals surface area contributed by atoms with E-state index in [0.717, 1.165) is 5.56 Å². The van der Waals surface area contributed by atoms with Crippen molar-refractivity contribution in [3.8, 4) is 22.6 Å². The van der Waals surface area contributed by atoms with Crippen LogP contribution in [-0.4, -0.2) is 22.8 Å². The minimum Gasteiger partial charge on any atom is -0.496 e. The minimum absolute atomic E-state index is 0.277. The number of benzene rings is 3. The summed E-state index contributed by atoms with van der Waals surface area (Å²) in [6.07, 6.45) is 0. The smallest absolute Gasteiger partial charge is 0.256 e. The van der Waals surface area contributed by atoms with E-state index in [9.17, 15) is 9.59 Å². The lowest BCUT2D eigenvalue weighted by Crippen LogP contribution is -2.25. The van der Waals surface area contributed by atoms with Crippen molar-refractivity contribution in [2.75, 3.05) is 12.4 Å². The van der Waals surface area contributed by atoms with Gasteiger partial charge in [0.05, 0.1) is 18.4 Å². The highest BCUT2D eigenvalue weighted by Gasteiger charge is 2.22. The van der Waals surface area contributed by atoms with Crippen LogP contribution in [0.1, 0.15) is 21.6 Å². The molecular formula is C26H23N3O3. The fourth-order valence-corrected chi connectivity index (χ4v) is 3.50. The SMILES string of the molecule is COc1ccccc1-c1c(NC(=O)c2ccc(C)cc2)n(-c2ccccc2)nc(C)c1=O. The van der Waals surface area contributed by atoms with Gasteiger partial charge in [-0.05, 0) is 44.2 Å². The Hall–Kier alpha value is -4.19. The largest absolute Gasteiger partial charge is 0.496 e. The van der Waals surface area contributed by atoms with Crippen molar-refractivity contribution in [1.82, 2.24) is 9.78 Å². The third-order valence-corrected chi connectivity index (χ3v) is 5.18. The maximum atomic E-state index is 13.3. The highest BCUT2D eigenvalue weighted by atomic mass is 16.5. The lowest BCUT2D eigenvalue weighted by Gasteiger charge is -2.19. The molecular weight excluding hydrogens is 402 g/mol. The maximum absolute atomic E-state index is 13.3. The first-order valence-electron chi connectivity index (χ1n) is 10.2. The van der Waals surface area contributed by atoms with Gasteiger partial charge in [-0.3, -0.25) is 9.59 Å². The topological polar surface area (TPSA) is 73.2 Å². The third kappa shape index (κ3) is 4.03. The average molecular weight is 425 g/mol. The lowest BCUT2D eigenvalue weighted by atomic mass is 10.0. The van der Waals surface area contributed by atoms with Gasteiger partial charge in [0.25, 0.3) is 5.91 Å². The van der Waals surface area contributed by atoms with Crippen LogP contribution in [0.25, 0.3) is 16.8 Å². The van der Waals surface area contributed by atoms with Gasteiger partial charge in [-0.2, -0.15) is 5.10 Å². The molecule has 4 rings (SSSR count). The summed E-state index contributed by atoms with van der Waals surface area (Å²) in [6, 6.07) is 23.8. The number of carbonyl (C=O) groups is 1. The Morgan fingerprint density at radius 1 is 0.906 bits per heavy atom. The van der Waals surface area contributed by atoms with Gasteiger partial charge >= 0.3 is 0 Å². The number of anilines is 1. The second kappa shape index (κ2) is 8.89. The quantitative estimate of drug-likeness (QED) is 0.500. The molecule has 6 heteroatoms. The number of rotatable bonds is 5. The summed E-state index contributed by atoms with van der Waals surface area (Å²) >= 11 is 0. The van der Waals surface area contributed by atoms with Crippen molar-refractivity contribution in [3.63, 3.8) is 0 Å². The molecule has 0 fully saturated rings. The predicted octanol–water partition coefficient (Wildman–Crippen LogP) is 4.78. The number of hydrogen-bond donors (Lipinski definition) is 1. The Labute approximate surface area is 186 Å². The van der Waals surface area contributed by atoms with Crippen molar-refractivity contribution in [2.24, 2.45) is 0 Å². The molecule has 6 nitrogen and oxygen atoms in total. The molecule has 0 unspecified atom stereocenters. The van der Waals surface area contributed by atoms with Crippen LogP contribution in [0.5, 0.6) is 5.75 Å². The lowest BCUT2D eigenvalue weighted by molar-refractivity contribution is 0.102. The monoisotopic (exact) mass is 425 g/mol. The number of hydrogen-bond acceptors (Lipinski definition) is 4. The normalized spacial score (nSPS) is 10.6. The Bertz CT molecular complexity index is 1330. The van der Waals surface area contributed by atoms with Crippen molar-refractivity contribution in [3.05, 3.63) is 106 Å². The molecule has 0 radical (unpaired) electrons. The van der Waals surface area contributed by atoms with Crippen molar-refractivity contribution in [2.45, 2.75) is 13.8 Å². The number of amides is 1. The molecule has 3 aromatic carbocycles. The molecule has 0 saturated carbocycles. The van der Waals surface area contributed by atoms with Gasteiger partial charge in [0, 0.05) is 11.1 Å². The number of para-hydroxylation sites is 2. The number of nitrogens with one attached hydrogen (secondary N) is 1. The summed E-state index contributed by atoms with van der Waals surface area (Å²) in [5, 5.41) is 7.43. The molecule has 0 saturated heterocycles. The summed E-state index contributed by atoms with van der Waals surface area (Å²) in [5.41, 5.74) is 3.17. The van der Waals surface area contributed by atoms with E-state index < -0.39 is 0 Å². The molecule has 4 aromatic rings. The standard InChI is InChI=1S/C26H23N3O3/c1-17-13-15-19(16-14-17)26(31)27-25-23(21-11-7-8-12-22(21)32-3)24(30)18(2)28-29(25)20-9-5-4-6-10-20/h4-16H,1-3H3,(H,27,31). The zero-order valence-electron chi connectivity index (χ0n) is 18.1. The maximum Gasteiger partial charge on any atom is 0.256 e. The van der Waals surface area contributed by atoms with Crippen molar-refractivity contribution >= 4 is 11.7 Å². The van der Waals surface area contributed by atoms with Crippen LogP contribution in [0.3, 0.4) is 0 Å². The summed E-state index contributed by atoms with van der Waals surface area (Å²) < 4.78 is 7.10. The van der Waals surface area contributed by atoms with Gasteiger partial charge in [-0.1, -0.05) is 54.1 Å². The fourth-order valence-electron chi connectivity index (χ4n) is 3.50. The Morgan fingerprint density at radius 3 is 2.25 bits per heavy atom. The molecule has 1 N–H and O–H groups in total. The number of nitrogens with zero attached hydrogens (tertiary/aromatic N) is 2. The van der Waals surface area contributed by atoms with E-state index in [0.29, 0.717) is 33.8 Å². The van der Waals surface area contributed by atoms with Gasteiger partial charge in [-0.15, -0.1) is 0 Å². The number of methoxy groups -OCH3 is 1. The van der Waals surface area contributed by atoms with Crippen LogP contribution in [0.4, 0.5) is 5.82 Å². The van der Waals surface area contributed by atoms with Gasteiger partial charge < -0.3 is 10.1 Å². The minimum atomic E-state index is -0.337. The third-order valence-electron chi connectivity index (χ3n) is 5.18. The van der Waals surface area contributed by atoms with Crippen LogP contribution in [0.15, 0.2) is 83.7 Å². The Morgan fingerprint density at radius 2 is 1.56 bits per heavy atom. The molecule has 1 heterocycles. The Balaban J connectivity index is 1.98. The highest BCUT2D eigenvalue weighted by Crippen LogP contribution is 2.33. The second-order valence-electron chi connectivity index (χ2n) is 7.41. The number of ether oxygens (including phenoxy) is 1. The van der Waals surface area contributed by atoms with Gasteiger partial charge in [-0.25, -0.2) is 4.68 Å². The molecule has 1 aromatic heterocycles. The van der Waals surface area contributed by atoms with E-state index in [1.54, 1.807) is 43.0 Å². The molecule has 0 atom stereocenters. The summed E-state index contributed by atoms with van der Waals surface area (Å²) in [7, 11) is 1.55. The van der Waals surface area contributed by atoms with E-state index in [1.165, 1.54) is 0 Å². The number of carbonyl (C=O) groups excluding carboxylic acids is 1. The molecule has 32 heavy (non-hydrogen) atoms. The van der Waals surface area contributed by atoms with Crippen LogP contribution in [0, 0.1) is 13.8 Å². The van der Waals surface area contributed by atoms with E-state index in [4.69, 9.17) is 4.74 Å². The van der Waals surface area contributed by atoms with Crippen LogP contribution < -0.4 is 15.5 Å². The average Bonchev–Trinajstić information content (AvgIpc) is 2.82. The molecule has 0 bridgehead atoms. The first kappa shape index (κ1) is 21.1. The van der Waals surface area contributed by atoms with Crippen molar-refractivity contribution in [1.29, 1.82) is 0 Å². The van der Waals surface area contributed by atoms with Crippen molar-refractivity contribution < 1.29 is 9.53 Å². The van der Waals surface area contributed by atoms with Gasteiger partial charge in [0.1, 0.15) is 17.3 Å². The Kier molecular flexibility index (Phi) is 5.85. The summed E-state index contributed by atoms with van der Waals surface area (Å²) in [5.74, 6) is 0.471. The number of aromatic nitrogens is 2. The van der Waals surface area contributed by atoms with Crippen LogP contribution in [0.2, 0.25) is 0 Å². The zero-order chi connectivity index (χ0) is 22.7. The molecule has 0 aliphatic carbocycles. The summed E-state index contributed by atoms with van der Waals surface area (Å²) in [4.78, 5) is 26.5. The molecule has 0 aliphatic heterocycles. The summed E-state index contributed by atoms with van der Waals surface area (Å²) in [6.45, 7) is 3.62. The van der Waals surface area contributed by atoms with E-state index in [-0.39, 0.29) is 17.2 Å². The van der Waals surface area contributed by atoms with Gasteiger partial charge in [0.2, 0.25) is 5.43 Å². The van der Waals surface area contributed by atoms with Gasteiger partial charge in [0.15, 0.2) is 0 Å². The first-order chi connectivity index (χ1) is 15.5. The second-order valence-corrected chi connectivity index (χ2v) is 7.41. The molecule has 0 spiro atoms. The zero-order valence-corrected chi connectivity index (χ0v) is 18.1. The van der Waals surface area contributed by atoms with E-state index >= 15 is 0 Å². The highest BCUT2D eigenvalue weighted by molar-refractivity contribution is 6.06. The first-order valence-corrected chi connectivity index (χ1v) is 10.2. The molecule has 1 amide bonds. The van der Waals surface area contributed by atoms with E-state index in [2.05, 4.69) is 10.4 Å². The molecule has 0 aliphatic rings. The predicted molar refractivity (Wildman–Crippen MR) is 126 cm³/mol. The van der Waals surface area contributed by atoms with E-state index in [1.807, 2.05) is 61.5 Å².